The Labute approximate surface area is 127 Å². The summed E-state index contributed by atoms with van der Waals surface area (Å²) < 4.78 is 0. The smallest absolute Gasteiger partial charge is 0.265 e. The largest absolute Gasteiger partial charge is 0.274 e. The van der Waals surface area contributed by atoms with Crippen molar-refractivity contribution < 1.29 is 19.2 Å². The van der Waals surface area contributed by atoms with Gasteiger partial charge in [-0.3, -0.25) is 24.1 Å². The van der Waals surface area contributed by atoms with Gasteiger partial charge in [-0.05, 0) is 12.1 Å². The molecule has 0 spiro atoms. The third-order valence-electron chi connectivity index (χ3n) is 3.28. The first kappa shape index (κ1) is 15.4. The minimum atomic E-state index is -0.296. The molecule has 0 unspecified atom stereocenters. The van der Waals surface area contributed by atoms with Gasteiger partial charge in [0.25, 0.3) is 11.8 Å². The Bertz CT molecular complexity index is 642. The van der Waals surface area contributed by atoms with Gasteiger partial charge in [-0.15, -0.1) is 0 Å². The number of imide groups is 2. The lowest BCUT2D eigenvalue weighted by Crippen LogP contribution is -2.22. The third-order valence-corrected chi connectivity index (χ3v) is 3.28. The molecule has 1 fully saturated rings. The topological polar surface area (TPSA) is 74.8 Å². The summed E-state index contributed by atoms with van der Waals surface area (Å²) in [7, 11) is 0. The van der Waals surface area contributed by atoms with Gasteiger partial charge in [0.15, 0.2) is 0 Å². The Morgan fingerprint density at radius 3 is 1.50 bits per heavy atom. The highest BCUT2D eigenvalue weighted by Gasteiger charge is 2.33. The predicted molar refractivity (Wildman–Crippen MR) is 78.4 cm³/mol. The van der Waals surface area contributed by atoms with Crippen LogP contribution in [0.2, 0.25) is 0 Å². The second-order valence-corrected chi connectivity index (χ2v) is 4.55. The van der Waals surface area contributed by atoms with Crippen molar-refractivity contribution in [1.29, 1.82) is 0 Å². The molecule has 6 nitrogen and oxygen atoms in total. The number of benzene rings is 1. The highest BCUT2D eigenvalue weighted by molar-refractivity contribution is 6.21. The summed E-state index contributed by atoms with van der Waals surface area (Å²) in [5.41, 5.74) is 0.903. The van der Waals surface area contributed by atoms with Crippen molar-refractivity contribution in [3.63, 3.8) is 0 Å². The van der Waals surface area contributed by atoms with Crippen molar-refractivity contribution in [2.45, 2.75) is 12.8 Å². The number of likely N-dealkylation sites (tertiary alicyclic amines) is 1. The molecule has 4 amide bonds. The Morgan fingerprint density at radius 1 is 0.773 bits per heavy atom. The first-order chi connectivity index (χ1) is 10.5. The SMILES string of the molecule is C=CN1C(=O)CCC1=O.C=CN1C(=O)c2ccccc2C1=O. The van der Waals surface area contributed by atoms with Crippen LogP contribution in [0, 0.1) is 0 Å². The molecule has 0 saturated carbocycles. The number of carbonyl (C=O) groups is 4. The van der Waals surface area contributed by atoms with Crippen molar-refractivity contribution >= 4 is 23.6 Å². The van der Waals surface area contributed by atoms with E-state index >= 15 is 0 Å². The van der Waals surface area contributed by atoms with E-state index in [0.29, 0.717) is 24.0 Å². The third kappa shape index (κ3) is 2.58. The Hall–Kier alpha value is -3.02. The van der Waals surface area contributed by atoms with Crippen molar-refractivity contribution in [3.8, 4) is 0 Å². The average Bonchev–Trinajstić information content (AvgIpc) is 2.98. The molecule has 1 aromatic rings. The molecule has 1 aromatic carbocycles. The molecule has 2 heterocycles. The van der Waals surface area contributed by atoms with Crippen LogP contribution >= 0.6 is 0 Å². The molecule has 1 saturated heterocycles. The van der Waals surface area contributed by atoms with E-state index in [2.05, 4.69) is 13.2 Å². The maximum absolute atomic E-state index is 11.5. The minimum absolute atomic E-state index is 0.144. The van der Waals surface area contributed by atoms with Gasteiger partial charge in [-0.1, -0.05) is 25.3 Å². The zero-order valence-corrected chi connectivity index (χ0v) is 11.8. The molecule has 0 atom stereocenters. The molecule has 0 N–H and O–H groups in total. The Kier molecular flexibility index (Phi) is 4.31. The van der Waals surface area contributed by atoms with Gasteiger partial charge in [-0.25, -0.2) is 4.90 Å². The minimum Gasteiger partial charge on any atom is -0.274 e. The van der Waals surface area contributed by atoms with Crippen LogP contribution in [-0.4, -0.2) is 33.4 Å². The average molecular weight is 298 g/mol. The van der Waals surface area contributed by atoms with E-state index in [0.717, 1.165) is 9.80 Å². The van der Waals surface area contributed by atoms with E-state index in [1.165, 1.54) is 12.4 Å². The molecule has 0 bridgehead atoms. The number of carbonyl (C=O) groups excluding carboxylic acids is 4. The lowest BCUT2D eigenvalue weighted by atomic mass is 10.1. The molecule has 0 radical (unpaired) electrons. The second-order valence-electron chi connectivity index (χ2n) is 4.55. The molecule has 2 aliphatic heterocycles. The number of rotatable bonds is 2. The first-order valence-electron chi connectivity index (χ1n) is 6.58. The molecule has 6 heteroatoms. The van der Waals surface area contributed by atoms with Crippen molar-refractivity contribution in [3.05, 3.63) is 61.0 Å². The molecular weight excluding hydrogens is 284 g/mol. The summed E-state index contributed by atoms with van der Waals surface area (Å²) >= 11 is 0. The quantitative estimate of drug-likeness (QED) is 0.779. The van der Waals surface area contributed by atoms with Gasteiger partial charge in [-0.2, -0.15) is 0 Å². The number of amides is 4. The van der Waals surface area contributed by atoms with Crippen LogP contribution in [-0.2, 0) is 9.59 Å². The van der Waals surface area contributed by atoms with Crippen molar-refractivity contribution in [1.82, 2.24) is 9.80 Å². The molecule has 0 aromatic heterocycles. The van der Waals surface area contributed by atoms with E-state index in [9.17, 15) is 19.2 Å². The Balaban J connectivity index is 0.000000172. The first-order valence-corrected chi connectivity index (χ1v) is 6.58. The van der Waals surface area contributed by atoms with Crippen LogP contribution in [0.15, 0.2) is 49.8 Å². The Morgan fingerprint density at radius 2 is 1.18 bits per heavy atom. The van der Waals surface area contributed by atoms with E-state index in [4.69, 9.17) is 0 Å². The van der Waals surface area contributed by atoms with Gasteiger partial charge >= 0.3 is 0 Å². The fourth-order valence-electron chi connectivity index (χ4n) is 2.17. The molecule has 3 rings (SSSR count). The van der Waals surface area contributed by atoms with Crippen LogP contribution in [0.4, 0.5) is 0 Å². The molecular formula is C16H14N2O4. The highest BCUT2D eigenvalue weighted by atomic mass is 16.2. The fraction of sp³-hybridized carbons (Fsp3) is 0.125. The van der Waals surface area contributed by atoms with E-state index in [-0.39, 0.29) is 23.6 Å². The number of hydrogen-bond acceptors (Lipinski definition) is 4. The lowest BCUT2D eigenvalue weighted by Gasteiger charge is -2.04. The van der Waals surface area contributed by atoms with Crippen LogP contribution in [0.3, 0.4) is 0 Å². The normalized spacial score (nSPS) is 16.4. The summed E-state index contributed by atoms with van der Waals surface area (Å²) in [4.78, 5) is 46.3. The maximum Gasteiger partial charge on any atom is 0.265 e. The molecule has 112 valence electrons. The summed E-state index contributed by atoms with van der Waals surface area (Å²) in [6.07, 6.45) is 3.18. The lowest BCUT2D eigenvalue weighted by molar-refractivity contribution is -0.135. The van der Waals surface area contributed by atoms with Crippen LogP contribution in [0.5, 0.6) is 0 Å². The van der Waals surface area contributed by atoms with Gasteiger partial charge in [0.05, 0.1) is 11.1 Å². The molecule has 0 aliphatic carbocycles. The maximum atomic E-state index is 11.5. The van der Waals surface area contributed by atoms with E-state index in [1.807, 2.05) is 0 Å². The van der Waals surface area contributed by atoms with Crippen LogP contribution < -0.4 is 0 Å². The predicted octanol–water partition coefficient (Wildman–Crippen LogP) is 1.71. The number of nitrogens with zero attached hydrogens (tertiary/aromatic N) is 2. The molecule has 2 aliphatic rings. The summed E-state index contributed by atoms with van der Waals surface area (Å²) in [5, 5.41) is 0. The zero-order chi connectivity index (χ0) is 16.3. The zero-order valence-electron chi connectivity index (χ0n) is 11.8. The van der Waals surface area contributed by atoms with E-state index < -0.39 is 0 Å². The van der Waals surface area contributed by atoms with Crippen molar-refractivity contribution in [2.24, 2.45) is 0 Å². The fourth-order valence-corrected chi connectivity index (χ4v) is 2.17. The summed E-state index contributed by atoms with van der Waals surface area (Å²) in [6.45, 7) is 6.74. The second kappa shape index (κ2) is 6.17. The van der Waals surface area contributed by atoms with Gasteiger partial charge in [0.1, 0.15) is 0 Å². The highest BCUT2D eigenvalue weighted by Crippen LogP contribution is 2.21. The molecule has 22 heavy (non-hydrogen) atoms. The number of fused-ring (bicyclic) bond motifs is 1. The standard InChI is InChI=1S/C10H7NO2.C6H7NO2/c1-2-11-9(12)7-5-3-4-6-8(7)10(11)13;1-2-7-5(8)3-4-6(7)9/h2-6H,1H2;2H,1,3-4H2. The van der Waals surface area contributed by atoms with Gasteiger partial charge in [0, 0.05) is 25.2 Å². The summed E-state index contributed by atoms with van der Waals surface area (Å²) in [5.74, 6) is -0.879. The number of hydrogen-bond donors (Lipinski definition) is 0. The monoisotopic (exact) mass is 298 g/mol. The van der Waals surface area contributed by atoms with Gasteiger partial charge in [0.2, 0.25) is 11.8 Å². The van der Waals surface area contributed by atoms with Crippen molar-refractivity contribution in [2.75, 3.05) is 0 Å². The van der Waals surface area contributed by atoms with Crippen LogP contribution in [0.25, 0.3) is 0 Å². The summed E-state index contributed by atoms with van der Waals surface area (Å²) in [6, 6.07) is 6.74. The van der Waals surface area contributed by atoms with E-state index in [1.54, 1.807) is 24.3 Å². The van der Waals surface area contributed by atoms with Gasteiger partial charge < -0.3 is 0 Å². The van der Waals surface area contributed by atoms with Crippen LogP contribution in [0.1, 0.15) is 33.6 Å².